The minimum Gasteiger partial charge on any atom is -0.234 e. The van der Waals surface area contributed by atoms with Crippen LogP contribution in [0.5, 0.6) is 0 Å². The van der Waals surface area contributed by atoms with Gasteiger partial charge < -0.3 is 0 Å². The quantitative estimate of drug-likeness (QED) is 0.105. The summed E-state index contributed by atoms with van der Waals surface area (Å²) in [5.41, 5.74) is 0.911. The fourth-order valence-electron chi connectivity index (χ4n) is 4.70. The monoisotopic (exact) mass is 589 g/mol. The van der Waals surface area contributed by atoms with Gasteiger partial charge in [-0.1, -0.05) is 67.8 Å². The highest BCUT2D eigenvalue weighted by Crippen LogP contribution is 2.48. The molecule has 38 heavy (non-hydrogen) atoms. The molecule has 0 aliphatic heterocycles. The molecule has 0 spiro atoms. The third kappa shape index (κ3) is 8.03. The van der Waals surface area contributed by atoms with Crippen LogP contribution in [0.2, 0.25) is 10.0 Å². The summed E-state index contributed by atoms with van der Waals surface area (Å²) in [4.78, 5) is 0. The number of imidazole rings is 1. The van der Waals surface area contributed by atoms with E-state index in [0.29, 0.717) is 28.9 Å². The van der Waals surface area contributed by atoms with Crippen molar-refractivity contribution >= 4 is 23.2 Å². The molecule has 0 radical (unpaired) electrons. The molecule has 214 valence electrons. The Morgan fingerprint density at radius 3 is 1.84 bits per heavy atom. The van der Waals surface area contributed by atoms with Crippen molar-refractivity contribution in [1.29, 1.82) is 0 Å². The second-order valence-electron chi connectivity index (χ2n) is 10.2. The first-order valence-electron chi connectivity index (χ1n) is 13.2. The Morgan fingerprint density at radius 2 is 1.32 bits per heavy atom. The van der Waals surface area contributed by atoms with Crippen LogP contribution in [0.1, 0.15) is 94.4 Å². The predicted molar refractivity (Wildman–Crippen MR) is 134 cm³/mol. The van der Waals surface area contributed by atoms with Gasteiger partial charge in [0.1, 0.15) is 18.9 Å². The summed E-state index contributed by atoms with van der Waals surface area (Å²) in [6.07, 6.45) is 4.86. The highest BCUT2D eigenvalue weighted by molar-refractivity contribution is 6.35. The number of rotatable bonds is 16. The van der Waals surface area contributed by atoms with E-state index in [1.165, 1.54) is 18.7 Å². The zero-order chi connectivity index (χ0) is 28.0. The minimum absolute atomic E-state index is 0.209. The molecule has 0 N–H and O–H groups in total. The Kier molecular flexibility index (Phi) is 10.8. The Bertz CT molecular complexity index is 1010. The third-order valence-electron chi connectivity index (χ3n) is 7.05. The minimum atomic E-state index is -6.25. The van der Waals surface area contributed by atoms with Gasteiger partial charge in [0.15, 0.2) is 0 Å². The molecule has 2 aromatic rings. The lowest BCUT2D eigenvalue weighted by Crippen LogP contribution is -2.51. The van der Waals surface area contributed by atoms with Gasteiger partial charge in [0, 0.05) is 22.0 Å². The molecule has 1 heterocycles. The van der Waals surface area contributed by atoms with E-state index < -0.39 is 24.4 Å². The van der Waals surface area contributed by atoms with Crippen molar-refractivity contribution in [3.8, 4) is 0 Å². The number of unbranched alkanes of at least 4 members (excludes halogenated alkanes) is 8. The highest BCUT2D eigenvalue weighted by atomic mass is 35.5. The standard InChI is InChI=1S/C27H34Cl2F7N2/c28-22-11-10-12-23(29)21(22)19-38-18-17-37(24(38)20-13-14-20)16-9-7-5-3-1-2-4-6-8-15-25(30,31)26(32,33)27(34,35)36/h10-12,17-18,20H,1-9,13-16,19H2/q+1. The van der Waals surface area contributed by atoms with Crippen molar-refractivity contribution in [1.82, 2.24) is 4.57 Å². The highest BCUT2D eigenvalue weighted by Gasteiger charge is 2.72. The predicted octanol–water partition coefficient (Wildman–Crippen LogP) is 9.74. The van der Waals surface area contributed by atoms with Crippen LogP contribution in [0.15, 0.2) is 30.6 Å². The van der Waals surface area contributed by atoms with E-state index in [1.807, 2.05) is 18.2 Å². The van der Waals surface area contributed by atoms with Gasteiger partial charge >= 0.3 is 18.0 Å². The molecule has 1 aromatic carbocycles. The number of hydrogen-bond donors (Lipinski definition) is 0. The number of benzene rings is 1. The summed E-state index contributed by atoms with van der Waals surface area (Å²) in [7, 11) is 0. The summed E-state index contributed by atoms with van der Waals surface area (Å²) in [6.45, 7) is 1.53. The second kappa shape index (κ2) is 13.2. The molecule has 1 aromatic heterocycles. The Balaban J connectivity index is 1.31. The molecule has 11 heteroatoms. The Labute approximate surface area is 229 Å². The summed E-state index contributed by atoms with van der Waals surface area (Å²) in [5.74, 6) is -9.24. The van der Waals surface area contributed by atoms with Gasteiger partial charge in [0.2, 0.25) is 0 Å². The van der Waals surface area contributed by atoms with Crippen molar-refractivity contribution in [2.45, 2.75) is 114 Å². The zero-order valence-electron chi connectivity index (χ0n) is 21.2. The van der Waals surface area contributed by atoms with Crippen LogP contribution in [0.25, 0.3) is 0 Å². The molecule has 0 unspecified atom stereocenters. The molecule has 3 rings (SSSR count). The number of hydrogen-bond acceptors (Lipinski definition) is 0. The van der Waals surface area contributed by atoms with Gasteiger partial charge in [-0.25, -0.2) is 9.13 Å². The average molecular weight is 590 g/mol. The molecule has 2 nitrogen and oxygen atoms in total. The molecule has 0 saturated heterocycles. The van der Waals surface area contributed by atoms with Crippen LogP contribution in [-0.2, 0) is 13.1 Å². The van der Waals surface area contributed by atoms with E-state index in [4.69, 9.17) is 23.2 Å². The molecule has 1 aliphatic carbocycles. The van der Waals surface area contributed by atoms with E-state index in [-0.39, 0.29) is 12.8 Å². The van der Waals surface area contributed by atoms with Crippen LogP contribution in [0.3, 0.4) is 0 Å². The maximum absolute atomic E-state index is 13.3. The number of aryl methyl sites for hydroxylation is 1. The summed E-state index contributed by atoms with van der Waals surface area (Å²) >= 11 is 12.7. The summed E-state index contributed by atoms with van der Waals surface area (Å²) in [5, 5.41) is 1.31. The first kappa shape index (κ1) is 31.1. The Hall–Kier alpha value is -1.48. The maximum Gasteiger partial charge on any atom is 0.459 e. The fraction of sp³-hybridized carbons (Fsp3) is 0.667. The summed E-state index contributed by atoms with van der Waals surface area (Å²) < 4.78 is 93.4. The van der Waals surface area contributed by atoms with Crippen molar-refractivity contribution in [3.63, 3.8) is 0 Å². The van der Waals surface area contributed by atoms with Gasteiger partial charge in [0.05, 0.1) is 12.5 Å². The fourth-order valence-corrected chi connectivity index (χ4v) is 5.21. The first-order chi connectivity index (χ1) is 17.8. The number of halogens is 9. The van der Waals surface area contributed by atoms with Crippen molar-refractivity contribution < 1.29 is 35.3 Å². The molecule has 0 amide bonds. The van der Waals surface area contributed by atoms with E-state index >= 15 is 0 Å². The lowest BCUT2D eigenvalue weighted by molar-refractivity contribution is -0.695. The van der Waals surface area contributed by atoms with E-state index in [9.17, 15) is 30.7 Å². The first-order valence-corrected chi connectivity index (χ1v) is 13.9. The van der Waals surface area contributed by atoms with Crippen LogP contribution < -0.4 is 4.57 Å². The average Bonchev–Trinajstić information content (AvgIpc) is 3.59. The molecule has 1 aliphatic rings. The van der Waals surface area contributed by atoms with Gasteiger partial charge in [-0.3, -0.25) is 0 Å². The smallest absolute Gasteiger partial charge is 0.234 e. The molecular formula is C27H34Cl2F7N2+. The van der Waals surface area contributed by atoms with Gasteiger partial charge in [-0.15, -0.1) is 0 Å². The maximum atomic E-state index is 13.3. The number of aromatic nitrogens is 2. The molecule has 1 saturated carbocycles. The van der Waals surface area contributed by atoms with Crippen molar-refractivity contribution in [2.75, 3.05) is 0 Å². The van der Waals surface area contributed by atoms with Crippen molar-refractivity contribution in [3.05, 3.63) is 52.0 Å². The third-order valence-corrected chi connectivity index (χ3v) is 7.76. The van der Waals surface area contributed by atoms with Crippen LogP contribution in [0, 0.1) is 0 Å². The molecular weight excluding hydrogens is 556 g/mol. The van der Waals surface area contributed by atoms with Crippen LogP contribution in [-0.4, -0.2) is 22.6 Å². The topological polar surface area (TPSA) is 8.81 Å². The summed E-state index contributed by atoms with van der Waals surface area (Å²) in [6, 6.07) is 5.52. The number of alkyl halides is 7. The zero-order valence-corrected chi connectivity index (χ0v) is 22.7. The van der Waals surface area contributed by atoms with Gasteiger partial charge in [-0.05, 0) is 44.2 Å². The lowest BCUT2D eigenvalue weighted by atomic mass is 10.0. The van der Waals surface area contributed by atoms with E-state index in [0.717, 1.165) is 50.6 Å². The molecule has 0 atom stereocenters. The molecule has 0 bridgehead atoms. The molecule has 1 fully saturated rings. The van der Waals surface area contributed by atoms with Crippen LogP contribution >= 0.6 is 23.2 Å². The largest absolute Gasteiger partial charge is 0.459 e. The number of nitrogens with zero attached hydrogens (tertiary/aromatic N) is 2. The SMILES string of the molecule is FC(F)(F)C(F)(F)C(F)(F)CCCCCCCCCCCn1cc[n+](Cc2c(Cl)cccc2Cl)c1C1CC1. The second-order valence-corrected chi connectivity index (χ2v) is 11.0. The van der Waals surface area contributed by atoms with Crippen LogP contribution in [0.4, 0.5) is 30.7 Å². The normalized spacial score (nSPS) is 14.9. The van der Waals surface area contributed by atoms with E-state index in [1.54, 1.807) is 0 Å². The van der Waals surface area contributed by atoms with Gasteiger partial charge in [0.25, 0.3) is 5.82 Å². The van der Waals surface area contributed by atoms with Crippen molar-refractivity contribution in [2.24, 2.45) is 0 Å². The Morgan fingerprint density at radius 1 is 0.789 bits per heavy atom. The van der Waals surface area contributed by atoms with E-state index in [2.05, 4.69) is 21.5 Å². The van der Waals surface area contributed by atoms with Gasteiger partial charge in [-0.2, -0.15) is 30.7 Å². The lowest BCUT2D eigenvalue weighted by Gasteiger charge is -2.28.